The summed E-state index contributed by atoms with van der Waals surface area (Å²) in [5.41, 5.74) is 7.88. The SMILES string of the molecule is Cc1ccc(N2C(=O)[C@@H]3[C@H](SC(N)=C(C#N)[C@H]3c3ccco3)C2=O)cc1. The molecule has 0 aliphatic carbocycles. The van der Waals surface area contributed by atoms with Crippen LogP contribution in [0.4, 0.5) is 5.69 Å². The molecule has 0 unspecified atom stereocenters. The van der Waals surface area contributed by atoms with E-state index in [0.29, 0.717) is 11.4 Å². The minimum Gasteiger partial charge on any atom is -0.469 e. The average molecular weight is 365 g/mol. The summed E-state index contributed by atoms with van der Waals surface area (Å²) in [6.07, 6.45) is 1.48. The predicted octanol–water partition coefficient (Wildman–Crippen LogP) is 2.67. The van der Waals surface area contributed by atoms with Crippen molar-refractivity contribution in [3.63, 3.8) is 0 Å². The van der Waals surface area contributed by atoms with Crippen LogP contribution in [0.15, 0.2) is 57.7 Å². The van der Waals surface area contributed by atoms with E-state index in [2.05, 4.69) is 6.07 Å². The van der Waals surface area contributed by atoms with E-state index in [1.807, 2.05) is 19.1 Å². The molecule has 1 fully saturated rings. The Hall–Kier alpha value is -2.98. The highest BCUT2D eigenvalue weighted by atomic mass is 32.2. The van der Waals surface area contributed by atoms with Crippen LogP contribution >= 0.6 is 11.8 Å². The number of allylic oxidation sites excluding steroid dienone is 1. The number of rotatable bonds is 2. The maximum absolute atomic E-state index is 13.2. The van der Waals surface area contributed by atoms with Gasteiger partial charge in [0, 0.05) is 0 Å². The number of furan rings is 1. The lowest BCUT2D eigenvalue weighted by Crippen LogP contribution is -2.33. The molecule has 0 radical (unpaired) electrons. The summed E-state index contributed by atoms with van der Waals surface area (Å²) >= 11 is 1.09. The Morgan fingerprint density at radius 3 is 2.54 bits per heavy atom. The first-order chi connectivity index (χ1) is 12.5. The third kappa shape index (κ3) is 2.34. The summed E-state index contributed by atoms with van der Waals surface area (Å²) in [6.45, 7) is 1.93. The van der Waals surface area contributed by atoms with Gasteiger partial charge in [0.1, 0.15) is 11.0 Å². The van der Waals surface area contributed by atoms with Crippen molar-refractivity contribution in [2.24, 2.45) is 11.7 Å². The van der Waals surface area contributed by atoms with Crippen LogP contribution in [-0.2, 0) is 9.59 Å². The van der Waals surface area contributed by atoms with Gasteiger partial charge in [-0.05, 0) is 31.2 Å². The van der Waals surface area contributed by atoms with E-state index in [1.165, 1.54) is 11.2 Å². The van der Waals surface area contributed by atoms with E-state index >= 15 is 0 Å². The maximum atomic E-state index is 13.2. The number of aryl methyl sites for hydroxylation is 1. The lowest BCUT2D eigenvalue weighted by molar-refractivity contribution is -0.122. The lowest BCUT2D eigenvalue weighted by atomic mass is 9.82. The normalized spacial score (nSPS) is 25.4. The van der Waals surface area contributed by atoms with E-state index in [4.69, 9.17) is 10.2 Å². The highest BCUT2D eigenvalue weighted by Gasteiger charge is 2.56. The van der Waals surface area contributed by atoms with Crippen LogP contribution in [0.2, 0.25) is 0 Å². The Morgan fingerprint density at radius 2 is 1.92 bits per heavy atom. The molecule has 26 heavy (non-hydrogen) atoms. The molecule has 0 saturated carbocycles. The smallest absolute Gasteiger partial charge is 0.248 e. The van der Waals surface area contributed by atoms with Crippen LogP contribution < -0.4 is 10.6 Å². The van der Waals surface area contributed by atoms with Crippen LogP contribution in [0.25, 0.3) is 0 Å². The van der Waals surface area contributed by atoms with Gasteiger partial charge in [-0.25, -0.2) is 4.90 Å². The third-order valence-electron chi connectivity index (χ3n) is 4.75. The molecule has 2 aromatic rings. The van der Waals surface area contributed by atoms with Gasteiger partial charge in [-0.15, -0.1) is 0 Å². The van der Waals surface area contributed by atoms with Crippen molar-refractivity contribution in [2.75, 3.05) is 4.90 Å². The van der Waals surface area contributed by atoms with Gasteiger partial charge in [-0.1, -0.05) is 29.5 Å². The Balaban J connectivity index is 1.82. The predicted molar refractivity (Wildman–Crippen MR) is 96.8 cm³/mol. The molecule has 2 aliphatic rings. The molecule has 2 N–H and O–H groups in total. The quantitative estimate of drug-likeness (QED) is 0.821. The fourth-order valence-electron chi connectivity index (χ4n) is 3.50. The molecular formula is C19H15N3O3S. The topological polar surface area (TPSA) is 100 Å². The summed E-state index contributed by atoms with van der Waals surface area (Å²) in [5.74, 6) is -1.56. The van der Waals surface area contributed by atoms with Crippen molar-refractivity contribution in [2.45, 2.75) is 18.1 Å². The van der Waals surface area contributed by atoms with Gasteiger partial charge >= 0.3 is 0 Å². The Bertz CT molecular complexity index is 957. The van der Waals surface area contributed by atoms with E-state index in [9.17, 15) is 14.9 Å². The Morgan fingerprint density at radius 1 is 1.19 bits per heavy atom. The number of nitrogens with two attached hydrogens (primary N) is 1. The van der Waals surface area contributed by atoms with Gasteiger partial charge in [-0.3, -0.25) is 9.59 Å². The molecule has 4 rings (SSSR count). The standard InChI is InChI=1S/C19H15N3O3S/c1-10-4-6-11(7-5-10)22-18(23)15-14(13-3-2-8-25-13)12(9-20)17(21)26-16(15)19(22)24/h2-8,14-16H,21H2,1H3/t14-,15-,16-/m0/s1. The minimum absolute atomic E-state index is 0.266. The monoisotopic (exact) mass is 365 g/mol. The van der Waals surface area contributed by atoms with E-state index in [1.54, 1.807) is 24.3 Å². The Kier molecular flexibility index (Phi) is 3.85. The number of nitriles is 1. The average Bonchev–Trinajstić information content (AvgIpc) is 3.23. The summed E-state index contributed by atoms with van der Waals surface area (Å²) in [4.78, 5) is 27.4. The number of amides is 2. The Labute approximate surface area is 154 Å². The van der Waals surface area contributed by atoms with E-state index in [-0.39, 0.29) is 22.4 Å². The van der Waals surface area contributed by atoms with Crippen molar-refractivity contribution in [3.8, 4) is 6.07 Å². The summed E-state index contributed by atoms with van der Waals surface area (Å²) in [7, 11) is 0. The van der Waals surface area contributed by atoms with Gasteiger partial charge < -0.3 is 10.2 Å². The molecular weight excluding hydrogens is 350 g/mol. The number of imide groups is 1. The summed E-state index contributed by atoms with van der Waals surface area (Å²) < 4.78 is 5.47. The van der Waals surface area contributed by atoms with Crippen LogP contribution in [0.3, 0.4) is 0 Å². The largest absolute Gasteiger partial charge is 0.469 e. The second-order valence-electron chi connectivity index (χ2n) is 6.29. The highest BCUT2D eigenvalue weighted by molar-refractivity contribution is 8.04. The molecule has 7 heteroatoms. The number of hydrogen-bond acceptors (Lipinski definition) is 6. The fraction of sp³-hybridized carbons (Fsp3) is 0.211. The van der Waals surface area contributed by atoms with Gasteiger partial charge in [-0.2, -0.15) is 5.26 Å². The fourth-order valence-corrected chi connectivity index (χ4v) is 4.70. The van der Waals surface area contributed by atoms with Crippen molar-refractivity contribution >= 4 is 29.3 Å². The van der Waals surface area contributed by atoms with E-state index in [0.717, 1.165) is 17.3 Å². The molecule has 130 valence electrons. The molecule has 3 atom stereocenters. The first-order valence-corrected chi connectivity index (χ1v) is 8.95. The minimum atomic E-state index is -0.720. The number of carbonyl (C=O) groups excluding carboxylic acids is 2. The molecule has 2 aliphatic heterocycles. The molecule has 1 saturated heterocycles. The van der Waals surface area contributed by atoms with E-state index < -0.39 is 17.1 Å². The second-order valence-corrected chi connectivity index (χ2v) is 7.48. The molecule has 2 amide bonds. The number of hydrogen-bond donors (Lipinski definition) is 1. The van der Waals surface area contributed by atoms with Crippen molar-refractivity contribution < 1.29 is 14.0 Å². The molecule has 3 heterocycles. The molecule has 1 aromatic heterocycles. The first kappa shape index (κ1) is 16.5. The van der Waals surface area contributed by atoms with Crippen molar-refractivity contribution in [1.29, 1.82) is 5.26 Å². The molecule has 0 bridgehead atoms. The molecule has 0 spiro atoms. The van der Waals surface area contributed by atoms with Crippen LogP contribution in [0.5, 0.6) is 0 Å². The van der Waals surface area contributed by atoms with Crippen molar-refractivity contribution in [1.82, 2.24) is 0 Å². The van der Waals surface area contributed by atoms with Crippen LogP contribution in [0.1, 0.15) is 17.2 Å². The van der Waals surface area contributed by atoms with Crippen molar-refractivity contribution in [3.05, 3.63) is 64.6 Å². The van der Waals surface area contributed by atoms with Gasteiger partial charge in [0.2, 0.25) is 11.8 Å². The molecule has 6 nitrogen and oxygen atoms in total. The number of carbonyl (C=O) groups is 2. The summed E-state index contributed by atoms with van der Waals surface area (Å²) in [5, 5.41) is 9.16. The maximum Gasteiger partial charge on any atom is 0.248 e. The lowest BCUT2D eigenvalue weighted by Gasteiger charge is -2.28. The third-order valence-corrected chi connectivity index (χ3v) is 5.97. The first-order valence-electron chi connectivity index (χ1n) is 8.07. The molecule has 1 aromatic carbocycles. The highest BCUT2D eigenvalue weighted by Crippen LogP contribution is 2.50. The van der Waals surface area contributed by atoms with Gasteiger partial charge in [0.15, 0.2) is 0 Å². The summed E-state index contributed by atoms with van der Waals surface area (Å²) in [6, 6.07) is 12.7. The number of nitrogens with zero attached hydrogens (tertiary/aromatic N) is 2. The van der Waals surface area contributed by atoms with Crippen LogP contribution in [0, 0.1) is 24.2 Å². The zero-order valence-corrected chi connectivity index (χ0v) is 14.7. The zero-order chi connectivity index (χ0) is 18.4. The second kappa shape index (κ2) is 6.07. The number of anilines is 1. The zero-order valence-electron chi connectivity index (χ0n) is 13.9. The van der Waals surface area contributed by atoms with Gasteiger partial charge in [0.25, 0.3) is 0 Å². The number of thioether (sulfide) groups is 1. The van der Waals surface area contributed by atoms with Crippen LogP contribution in [-0.4, -0.2) is 17.1 Å². The number of fused-ring (bicyclic) bond motifs is 1. The number of benzene rings is 1. The van der Waals surface area contributed by atoms with Gasteiger partial charge in [0.05, 0.1) is 40.5 Å².